The average Bonchev–Trinajstić information content (AvgIpc) is 2.81. The maximum atomic E-state index is 10.8. The molecule has 0 aliphatic carbocycles. The summed E-state index contributed by atoms with van der Waals surface area (Å²) in [5.41, 5.74) is 3.89. The number of nitrogen functional groups attached to an aromatic ring is 1. The number of nitrogens with two attached hydrogens (primary N) is 1. The number of anilines is 1. The molecular weight excluding hydrogens is 608 g/mol. The molecule has 166 valence electrons. The van der Waals surface area contributed by atoms with Crippen molar-refractivity contribution in [3.05, 3.63) is 106 Å². The second-order valence-electron chi connectivity index (χ2n) is 6.43. The predicted octanol–water partition coefficient (Wildman–Crippen LogP) is 2.28. The van der Waals surface area contributed by atoms with Gasteiger partial charge in [0.05, 0.1) is 0 Å². The Morgan fingerprint density at radius 1 is 0.844 bits per heavy atom. The number of aromatic nitrogens is 2. The summed E-state index contributed by atoms with van der Waals surface area (Å²) in [5, 5.41) is 17.3. The van der Waals surface area contributed by atoms with Gasteiger partial charge in [-0.3, -0.25) is 4.57 Å². The van der Waals surface area contributed by atoms with Crippen molar-refractivity contribution >= 4 is 35.3 Å². The van der Waals surface area contributed by atoms with Crippen LogP contribution < -0.4 is 32.4 Å². The smallest absolute Gasteiger partial charge is 0.857 e. The summed E-state index contributed by atoms with van der Waals surface area (Å²) in [6, 6.07) is 32.3. The number of hydrogen-bond donors (Lipinski definition) is 1. The molecule has 7 nitrogen and oxygen atoms in total. The van der Waals surface area contributed by atoms with Crippen LogP contribution in [0, 0.1) is 4.91 Å². The summed E-state index contributed by atoms with van der Waals surface area (Å²) >= 11 is 0. The zero-order chi connectivity index (χ0) is 22.2. The molecular formula is C23H20AuN4O3P. The van der Waals surface area contributed by atoms with Gasteiger partial charge in [0, 0.05) is 12.9 Å². The molecule has 0 saturated carbocycles. The van der Waals surface area contributed by atoms with E-state index in [1.807, 2.05) is 0 Å². The molecule has 3 aromatic carbocycles. The van der Waals surface area contributed by atoms with E-state index in [-0.39, 0.29) is 28.2 Å². The number of nitrogens with zero attached hydrogens (tertiary/aromatic N) is 3. The molecule has 1 aromatic heterocycles. The molecule has 0 spiro atoms. The first-order chi connectivity index (χ1) is 15.0. The predicted molar refractivity (Wildman–Crippen MR) is 124 cm³/mol. The van der Waals surface area contributed by atoms with E-state index in [9.17, 15) is 14.8 Å². The van der Waals surface area contributed by atoms with Crippen LogP contribution >= 0.6 is 7.92 Å². The minimum Gasteiger partial charge on any atom is -0.857 e. The standard InChI is InChI=1S/C18H15P.C5H6N4O3.Au/c1-4-10-16(11-5-1)19(17-12-6-2-7-13-17)18-14-8-3-9-15-18;1-9-3(6)2(8-12)4(10)7-5(9)11;/h1-15H;6H2,1H3,(H,7,10,11);/q;;+1/p-1. The van der Waals surface area contributed by atoms with Crippen LogP contribution in [0.15, 0.2) is 101 Å². The molecule has 0 fully saturated rings. The molecule has 1 heterocycles. The summed E-state index contributed by atoms with van der Waals surface area (Å²) in [6.45, 7) is 0. The summed E-state index contributed by atoms with van der Waals surface area (Å²) in [4.78, 5) is 23.8. The van der Waals surface area contributed by atoms with Gasteiger partial charge >= 0.3 is 28.1 Å². The van der Waals surface area contributed by atoms with Crippen LogP contribution in [0.5, 0.6) is 5.88 Å². The number of rotatable bonds is 4. The SMILES string of the molecule is Cn1c(N)c(N=O)c([O-])nc1=O.[Au+].c1ccc(P(c2ccccc2)c2ccccc2)cc1. The van der Waals surface area contributed by atoms with Gasteiger partial charge in [-0.15, -0.1) is 4.91 Å². The van der Waals surface area contributed by atoms with Gasteiger partial charge in [-0.25, -0.2) is 9.78 Å². The van der Waals surface area contributed by atoms with Crippen molar-refractivity contribution in [3.63, 3.8) is 0 Å². The molecule has 0 bridgehead atoms. The quantitative estimate of drug-likeness (QED) is 0.212. The third kappa shape index (κ3) is 5.99. The Kier molecular flexibility index (Phi) is 9.50. The van der Waals surface area contributed by atoms with Crippen molar-refractivity contribution in [2.45, 2.75) is 0 Å². The third-order valence-electron chi connectivity index (χ3n) is 4.43. The van der Waals surface area contributed by atoms with Crippen LogP contribution in [0.1, 0.15) is 0 Å². The Labute approximate surface area is 202 Å². The Balaban J connectivity index is 0.000000244. The van der Waals surface area contributed by atoms with Gasteiger partial charge in [0.1, 0.15) is 5.82 Å². The number of benzene rings is 3. The first-order valence-corrected chi connectivity index (χ1v) is 10.7. The molecule has 9 heteroatoms. The summed E-state index contributed by atoms with van der Waals surface area (Å²) in [7, 11) is 0.844. The molecule has 32 heavy (non-hydrogen) atoms. The van der Waals surface area contributed by atoms with Gasteiger partial charge in [0.2, 0.25) is 0 Å². The Bertz CT molecular complexity index is 1110. The van der Waals surface area contributed by atoms with E-state index in [4.69, 9.17) is 5.73 Å². The fourth-order valence-corrected chi connectivity index (χ4v) is 5.16. The van der Waals surface area contributed by atoms with Gasteiger partial charge in [-0.2, -0.15) is 0 Å². The van der Waals surface area contributed by atoms with E-state index in [1.54, 1.807) is 0 Å². The van der Waals surface area contributed by atoms with Crippen LogP contribution in [0.25, 0.3) is 0 Å². The fraction of sp³-hybridized carbons (Fsp3) is 0.0435. The minimum absolute atomic E-state index is 0. The van der Waals surface area contributed by atoms with E-state index >= 15 is 0 Å². The van der Waals surface area contributed by atoms with Crippen molar-refractivity contribution in [2.75, 3.05) is 5.73 Å². The largest absolute Gasteiger partial charge is 1.00 e. The first-order valence-electron chi connectivity index (χ1n) is 9.35. The molecule has 4 rings (SSSR count). The van der Waals surface area contributed by atoms with Gasteiger partial charge < -0.3 is 10.8 Å². The minimum atomic E-state index is -0.995. The third-order valence-corrected chi connectivity index (χ3v) is 6.87. The summed E-state index contributed by atoms with van der Waals surface area (Å²) in [6.07, 6.45) is 0. The van der Waals surface area contributed by atoms with E-state index in [2.05, 4.69) is 101 Å². The summed E-state index contributed by atoms with van der Waals surface area (Å²) in [5.74, 6) is -1.26. The monoisotopic (exact) mass is 628 g/mol. The zero-order valence-electron chi connectivity index (χ0n) is 17.1. The topological polar surface area (TPSA) is 113 Å². The van der Waals surface area contributed by atoms with Gasteiger partial charge in [0.25, 0.3) is 0 Å². The second kappa shape index (κ2) is 12.1. The molecule has 4 aromatic rings. The fourth-order valence-electron chi connectivity index (χ4n) is 2.85. The van der Waals surface area contributed by atoms with Crippen molar-refractivity contribution in [1.82, 2.24) is 9.55 Å². The molecule has 0 radical (unpaired) electrons. The second-order valence-corrected chi connectivity index (χ2v) is 8.65. The van der Waals surface area contributed by atoms with Crippen molar-refractivity contribution < 1.29 is 27.5 Å². The molecule has 0 saturated heterocycles. The van der Waals surface area contributed by atoms with E-state index < -0.39 is 25.2 Å². The van der Waals surface area contributed by atoms with Crippen LogP contribution in [-0.4, -0.2) is 9.55 Å². The molecule has 0 unspecified atom stereocenters. The number of hydrogen-bond acceptors (Lipinski definition) is 6. The molecule has 0 aliphatic rings. The van der Waals surface area contributed by atoms with E-state index in [0.717, 1.165) is 4.57 Å². The maximum absolute atomic E-state index is 10.8. The molecule has 2 N–H and O–H groups in total. The normalized spacial score (nSPS) is 9.94. The van der Waals surface area contributed by atoms with Crippen molar-refractivity contribution in [3.8, 4) is 5.88 Å². The van der Waals surface area contributed by atoms with Crippen LogP contribution in [0.4, 0.5) is 11.5 Å². The Hall–Kier alpha value is -3.09. The summed E-state index contributed by atoms with van der Waals surface area (Å²) < 4.78 is 0.873. The van der Waals surface area contributed by atoms with Crippen molar-refractivity contribution in [1.29, 1.82) is 0 Å². The molecule has 0 amide bonds. The Morgan fingerprint density at radius 2 is 1.22 bits per heavy atom. The van der Waals surface area contributed by atoms with Crippen LogP contribution in [-0.2, 0) is 29.4 Å². The maximum Gasteiger partial charge on any atom is 1.00 e. The number of nitroso groups, excluding NO2 is 1. The van der Waals surface area contributed by atoms with Crippen molar-refractivity contribution in [2.24, 2.45) is 12.2 Å². The average molecular weight is 628 g/mol. The molecule has 0 aliphatic heterocycles. The zero-order valence-corrected chi connectivity index (χ0v) is 20.1. The van der Waals surface area contributed by atoms with Gasteiger partial charge in [0.15, 0.2) is 5.69 Å². The van der Waals surface area contributed by atoms with Crippen LogP contribution in [0.2, 0.25) is 0 Å². The molecule has 0 atom stereocenters. The Morgan fingerprint density at radius 3 is 1.56 bits per heavy atom. The van der Waals surface area contributed by atoms with Crippen LogP contribution in [0.3, 0.4) is 0 Å². The first kappa shape index (κ1) is 25.2. The van der Waals surface area contributed by atoms with E-state index in [0.29, 0.717) is 0 Å². The van der Waals surface area contributed by atoms with Gasteiger partial charge in [-0.1, -0.05) is 91.0 Å². The van der Waals surface area contributed by atoms with E-state index in [1.165, 1.54) is 23.0 Å². The van der Waals surface area contributed by atoms with Gasteiger partial charge in [-0.05, 0) is 29.0 Å².